The SMILES string of the molecule is COC(=O)c1ccc(-n2cc3c(N4CCN(C)C(C(=O)NCc5ccc(SC)cc5)C4)ncnc3n2)cc1. The molecule has 0 aliphatic carbocycles. The molecule has 0 bridgehead atoms. The minimum absolute atomic E-state index is 0.0159. The molecule has 5 rings (SSSR count). The van der Waals surface area contributed by atoms with E-state index in [4.69, 9.17) is 4.74 Å². The number of nitrogens with zero attached hydrogens (tertiary/aromatic N) is 6. The van der Waals surface area contributed by atoms with Gasteiger partial charge in [-0.1, -0.05) is 12.1 Å². The summed E-state index contributed by atoms with van der Waals surface area (Å²) in [6.45, 7) is 2.42. The molecule has 4 aromatic rings. The van der Waals surface area contributed by atoms with E-state index in [0.717, 1.165) is 35.5 Å². The zero-order valence-corrected chi connectivity index (χ0v) is 22.3. The lowest BCUT2D eigenvalue weighted by molar-refractivity contribution is -0.126. The van der Waals surface area contributed by atoms with Crippen molar-refractivity contribution in [1.82, 2.24) is 30.0 Å². The van der Waals surface area contributed by atoms with E-state index >= 15 is 0 Å². The molecule has 3 heterocycles. The number of methoxy groups -OCH3 is 1. The number of ether oxygens (including phenoxy) is 1. The molecular weight excluding hydrogens is 502 g/mol. The van der Waals surface area contributed by atoms with Crippen LogP contribution < -0.4 is 10.2 Å². The Bertz CT molecular complexity index is 1440. The summed E-state index contributed by atoms with van der Waals surface area (Å²) >= 11 is 1.69. The van der Waals surface area contributed by atoms with Crippen molar-refractivity contribution in [3.05, 3.63) is 72.2 Å². The molecule has 1 fully saturated rings. The standard InChI is InChI=1S/C27H29N7O3S/c1-32-12-13-33(16-23(32)26(35)28-14-18-4-10-21(38-3)11-5-18)25-22-15-34(31-24(22)29-17-30-25)20-8-6-19(7-9-20)27(36)37-2/h4-11,15,17,23H,12-14,16H2,1-3H3,(H,28,35). The Morgan fingerprint density at radius 2 is 1.84 bits per heavy atom. The summed E-state index contributed by atoms with van der Waals surface area (Å²) in [7, 11) is 3.33. The third kappa shape index (κ3) is 5.34. The van der Waals surface area contributed by atoms with Crippen LogP contribution in [0.1, 0.15) is 15.9 Å². The minimum Gasteiger partial charge on any atom is -0.465 e. The van der Waals surface area contributed by atoms with Crippen LogP contribution in [0.3, 0.4) is 0 Å². The highest BCUT2D eigenvalue weighted by molar-refractivity contribution is 7.98. The number of aromatic nitrogens is 4. The Morgan fingerprint density at radius 3 is 2.55 bits per heavy atom. The summed E-state index contributed by atoms with van der Waals surface area (Å²) in [5.41, 5.74) is 2.87. The van der Waals surface area contributed by atoms with Crippen molar-refractivity contribution in [3.63, 3.8) is 0 Å². The molecule has 0 radical (unpaired) electrons. The first-order valence-electron chi connectivity index (χ1n) is 12.2. The topological polar surface area (TPSA) is 105 Å². The van der Waals surface area contributed by atoms with E-state index in [9.17, 15) is 9.59 Å². The second-order valence-electron chi connectivity index (χ2n) is 9.05. The minimum atomic E-state index is -0.391. The molecule has 10 nitrogen and oxygen atoms in total. The molecule has 1 atom stereocenters. The Labute approximate surface area is 225 Å². The monoisotopic (exact) mass is 531 g/mol. The van der Waals surface area contributed by atoms with E-state index in [1.807, 2.05) is 31.6 Å². The van der Waals surface area contributed by atoms with Gasteiger partial charge < -0.3 is 15.0 Å². The first kappa shape index (κ1) is 25.7. The molecule has 2 aromatic heterocycles. The Balaban J connectivity index is 1.32. The zero-order valence-electron chi connectivity index (χ0n) is 21.5. The average Bonchev–Trinajstić information content (AvgIpc) is 3.41. The van der Waals surface area contributed by atoms with Crippen LogP contribution in [0.15, 0.2) is 66.0 Å². The van der Waals surface area contributed by atoms with Crippen LogP contribution in [0.4, 0.5) is 5.82 Å². The highest BCUT2D eigenvalue weighted by Crippen LogP contribution is 2.26. The maximum Gasteiger partial charge on any atom is 0.337 e. The maximum absolute atomic E-state index is 13.2. The number of piperazine rings is 1. The van der Waals surface area contributed by atoms with Crippen LogP contribution in [0.25, 0.3) is 16.7 Å². The fourth-order valence-corrected chi connectivity index (χ4v) is 4.89. The van der Waals surface area contributed by atoms with Gasteiger partial charge in [-0.15, -0.1) is 16.9 Å². The number of anilines is 1. The number of carbonyl (C=O) groups excluding carboxylic acids is 2. The third-order valence-electron chi connectivity index (χ3n) is 6.72. The first-order valence-corrected chi connectivity index (χ1v) is 13.4. The number of carbonyl (C=O) groups is 2. The smallest absolute Gasteiger partial charge is 0.337 e. The molecule has 1 saturated heterocycles. The second-order valence-corrected chi connectivity index (χ2v) is 9.93. The third-order valence-corrected chi connectivity index (χ3v) is 7.47. The molecule has 196 valence electrons. The van der Waals surface area contributed by atoms with E-state index in [1.54, 1.807) is 40.7 Å². The van der Waals surface area contributed by atoms with Crippen LogP contribution in [-0.2, 0) is 16.1 Å². The molecule has 11 heteroatoms. The van der Waals surface area contributed by atoms with Gasteiger partial charge in [-0.25, -0.2) is 19.4 Å². The van der Waals surface area contributed by atoms with Crippen LogP contribution >= 0.6 is 11.8 Å². The summed E-state index contributed by atoms with van der Waals surface area (Å²) in [6, 6.07) is 14.9. The molecule has 0 saturated carbocycles. The van der Waals surface area contributed by atoms with E-state index in [0.29, 0.717) is 24.3 Å². The molecule has 1 unspecified atom stereocenters. The Morgan fingerprint density at radius 1 is 1.08 bits per heavy atom. The highest BCUT2D eigenvalue weighted by atomic mass is 32.2. The van der Waals surface area contributed by atoms with Gasteiger partial charge in [0.05, 0.1) is 23.7 Å². The predicted molar refractivity (Wildman–Crippen MR) is 147 cm³/mol. The number of esters is 1. The van der Waals surface area contributed by atoms with Crippen molar-refractivity contribution in [3.8, 4) is 5.69 Å². The highest BCUT2D eigenvalue weighted by Gasteiger charge is 2.31. The molecular formula is C27H29N7O3S. The number of likely N-dealkylation sites (N-methyl/N-ethyl adjacent to an activating group) is 1. The summed E-state index contributed by atoms with van der Waals surface area (Å²) < 4.78 is 6.49. The normalized spacial score (nSPS) is 16.0. The van der Waals surface area contributed by atoms with Crippen LogP contribution in [-0.4, -0.2) is 82.6 Å². The lowest BCUT2D eigenvalue weighted by Crippen LogP contribution is -2.57. The summed E-state index contributed by atoms with van der Waals surface area (Å²) in [6.07, 6.45) is 5.42. The lowest BCUT2D eigenvalue weighted by Gasteiger charge is -2.39. The number of fused-ring (bicyclic) bond motifs is 1. The summed E-state index contributed by atoms with van der Waals surface area (Å²) in [4.78, 5) is 39.2. The van der Waals surface area contributed by atoms with Gasteiger partial charge in [-0.05, 0) is 55.3 Å². The lowest BCUT2D eigenvalue weighted by atomic mass is 10.1. The van der Waals surface area contributed by atoms with Gasteiger partial charge in [0.1, 0.15) is 18.2 Å². The number of hydrogen-bond acceptors (Lipinski definition) is 9. The largest absolute Gasteiger partial charge is 0.465 e. The van der Waals surface area contributed by atoms with Crippen molar-refractivity contribution >= 4 is 40.5 Å². The number of thioether (sulfide) groups is 1. The van der Waals surface area contributed by atoms with Gasteiger partial charge in [0, 0.05) is 37.3 Å². The van der Waals surface area contributed by atoms with Crippen molar-refractivity contribution < 1.29 is 14.3 Å². The maximum atomic E-state index is 13.2. The number of benzene rings is 2. The molecule has 1 aliphatic rings. The average molecular weight is 532 g/mol. The Kier molecular flexibility index (Phi) is 7.57. The quantitative estimate of drug-likeness (QED) is 0.285. The fraction of sp³-hybridized carbons (Fsp3) is 0.296. The molecule has 1 aliphatic heterocycles. The van der Waals surface area contributed by atoms with Gasteiger partial charge >= 0.3 is 5.97 Å². The number of hydrogen-bond donors (Lipinski definition) is 1. The van der Waals surface area contributed by atoms with Crippen molar-refractivity contribution in [2.45, 2.75) is 17.5 Å². The Hall–Kier alpha value is -3.96. The molecule has 0 spiro atoms. The van der Waals surface area contributed by atoms with Crippen LogP contribution in [0.5, 0.6) is 0 Å². The molecule has 1 amide bonds. The van der Waals surface area contributed by atoms with Crippen LogP contribution in [0.2, 0.25) is 0 Å². The first-order chi connectivity index (χ1) is 18.5. The summed E-state index contributed by atoms with van der Waals surface area (Å²) in [5.74, 6) is 0.335. The predicted octanol–water partition coefficient (Wildman–Crippen LogP) is 2.76. The molecule has 2 aromatic carbocycles. The van der Waals surface area contributed by atoms with Gasteiger partial charge in [0.15, 0.2) is 5.65 Å². The van der Waals surface area contributed by atoms with Crippen molar-refractivity contribution in [2.24, 2.45) is 0 Å². The van der Waals surface area contributed by atoms with E-state index in [-0.39, 0.29) is 11.9 Å². The van der Waals surface area contributed by atoms with Gasteiger partial charge in [-0.3, -0.25) is 9.69 Å². The second kappa shape index (κ2) is 11.2. The molecule has 1 N–H and O–H groups in total. The van der Waals surface area contributed by atoms with E-state index in [2.05, 4.69) is 42.3 Å². The zero-order chi connectivity index (χ0) is 26.6. The number of rotatable bonds is 7. The van der Waals surface area contributed by atoms with Gasteiger partial charge in [0.25, 0.3) is 0 Å². The number of amides is 1. The van der Waals surface area contributed by atoms with Crippen molar-refractivity contribution in [2.75, 3.05) is 44.9 Å². The van der Waals surface area contributed by atoms with E-state index in [1.165, 1.54) is 18.3 Å². The van der Waals surface area contributed by atoms with E-state index < -0.39 is 5.97 Å². The van der Waals surface area contributed by atoms with Gasteiger partial charge in [0.2, 0.25) is 5.91 Å². The van der Waals surface area contributed by atoms with Gasteiger partial charge in [-0.2, -0.15) is 0 Å². The van der Waals surface area contributed by atoms with Crippen molar-refractivity contribution in [1.29, 1.82) is 0 Å². The summed E-state index contributed by atoms with van der Waals surface area (Å²) in [5, 5.41) is 8.49. The number of nitrogens with one attached hydrogen (secondary N) is 1. The molecule has 38 heavy (non-hydrogen) atoms. The van der Waals surface area contributed by atoms with Crippen LogP contribution in [0, 0.1) is 0 Å². The fourth-order valence-electron chi connectivity index (χ4n) is 4.48.